The van der Waals surface area contributed by atoms with E-state index in [9.17, 15) is 0 Å². The van der Waals surface area contributed by atoms with Gasteiger partial charge in [0.15, 0.2) is 5.65 Å². The van der Waals surface area contributed by atoms with Crippen LogP contribution in [0.3, 0.4) is 0 Å². The second-order valence-corrected chi connectivity index (χ2v) is 1.77. The standard InChI is InChI=1S/C6H5N3.BrH/c1-2-8-6-5(1)7-3-4-9-6;/h1-4H,(H,8,9);1H. The number of hydrogen-bond acceptors (Lipinski definition) is 2. The van der Waals surface area contributed by atoms with Crippen molar-refractivity contribution < 1.29 is 0 Å². The topological polar surface area (TPSA) is 41.6 Å². The number of aromatic amines is 1. The average molecular weight is 200 g/mol. The first kappa shape index (κ1) is 7.21. The van der Waals surface area contributed by atoms with Gasteiger partial charge in [-0.15, -0.1) is 17.0 Å². The van der Waals surface area contributed by atoms with Crippen LogP contribution < -0.4 is 0 Å². The molecule has 0 aliphatic carbocycles. The highest BCUT2D eigenvalue weighted by Crippen LogP contribution is 2.01. The van der Waals surface area contributed by atoms with Crippen molar-refractivity contribution in [3.63, 3.8) is 0 Å². The molecular weight excluding hydrogens is 194 g/mol. The van der Waals surface area contributed by atoms with Crippen molar-refractivity contribution in [2.75, 3.05) is 0 Å². The molecule has 0 aliphatic heterocycles. The highest BCUT2D eigenvalue weighted by atomic mass is 79.9. The van der Waals surface area contributed by atoms with Gasteiger partial charge in [-0.2, -0.15) is 0 Å². The maximum Gasteiger partial charge on any atom is 0.155 e. The van der Waals surface area contributed by atoms with Crippen molar-refractivity contribution in [3.05, 3.63) is 24.7 Å². The minimum absolute atomic E-state index is 0. The highest BCUT2D eigenvalue weighted by Gasteiger charge is 1.90. The zero-order valence-electron chi connectivity index (χ0n) is 5.11. The Balaban J connectivity index is 0.000000500. The van der Waals surface area contributed by atoms with E-state index in [-0.39, 0.29) is 17.0 Å². The van der Waals surface area contributed by atoms with E-state index in [1.807, 2.05) is 12.3 Å². The van der Waals surface area contributed by atoms with Crippen molar-refractivity contribution in [2.24, 2.45) is 0 Å². The van der Waals surface area contributed by atoms with Gasteiger partial charge in [-0.1, -0.05) is 0 Å². The van der Waals surface area contributed by atoms with E-state index in [0.29, 0.717) is 0 Å². The van der Waals surface area contributed by atoms with Gasteiger partial charge in [-0.05, 0) is 6.07 Å². The largest absolute Gasteiger partial charge is 0.345 e. The fourth-order valence-corrected chi connectivity index (χ4v) is 0.781. The Morgan fingerprint density at radius 2 is 2.00 bits per heavy atom. The number of hydrogen-bond donors (Lipinski definition) is 1. The average Bonchev–Trinajstić information content (AvgIpc) is 2.33. The van der Waals surface area contributed by atoms with Gasteiger partial charge >= 0.3 is 0 Å². The molecule has 0 spiro atoms. The van der Waals surface area contributed by atoms with E-state index >= 15 is 0 Å². The first-order valence-electron chi connectivity index (χ1n) is 2.71. The summed E-state index contributed by atoms with van der Waals surface area (Å²) >= 11 is 0. The molecule has 0 unspecified atom stereocenters. The second kappa shape index (κ2) is 2.79. The zero-order chi connectivity index (χ0) is 6.10. The maximum absolute atomic E-state index is 4.05. The smallest absolute Gasteiger partial charge is 0.155 e. The van der Waals surface area contributed by atoms with Gasteiger partial charge in [0.25, 0.3) is 0 Å². The molecule has 0 amide bonds. The summed E-state index contributed by atoms with van der Waals surface area (Å²) < 4.78 is 0. The fourth-order valence-electron chi connectivity index (χ4n) is 0.781. The minimum Gasteiger partial charge on any atom is -0.345 e. The van der Waals surface area contributed by atoms with Crippen LogP contribution in [0.25, 0.3) is 11.2 Å². The zero-order valence-corrected chi connectivity index (χ0v) is 6.83. The molecule has 0 saturated heterocycles. The second-order valence-electron chi connectivity index (χ2n) is 1.77. The molecule has 2 heterocycles. The lowest BCUT2D eigenvalue weighted by atomic mass is 10.5. The quantitative estimate of drug-likeness (QED) is 0.700. The molecule has 2 aromatic heterocycles. The lowest BCUT2D eigenvalue weighted by molar-refractivity contribution is 1.26. The molecule has 2 rings (SSSR count). The molecule has 0 fully saturated rings. The van der Waals surface area contributed by atoms with Crippen LogP contribution in [-0.2, 0) is 0 Å². The van der Waals surface area contributed by atoms with Crippen molar-refractivity contribution in [1.29, 1.82) is 0 Å². The van der Waals surface area contributed by atoms with Crippen molar-refractivity contribution in [2.45, 2.75) is 0 Å². The summed E-state index contributed by atoms with van der Waals surface area (Å²) in [6, 6.07) is 1.89. The number of nitrogens with zero attached hydrogens (tertiary/aromatic N) is 2. The number of halogens is 1. The van der Waals surface area contributed by atoms with Crippen molar-refractivity contribution in [3.8, 4) is 0 Å². The number of rotatable bonds is 0. The summed E-state index contributed by atoms with van der Waals surface area (Å²) in [5.41, 5.74) is 1.76. The molecule has 4 heteroatoms. The molecular formula is C6H6BrN3. The molecule has 0 atom stereocenters. The summed E-state index contributed by atoms with van der Waals surface area (Å²) in [6.07, 6.45) is 5.17. The third kappa shape index (κ3) is 1.02. The van der Waals surface area contributed by atoms with Crippen LogP contribution in [0.2, 0.25) is 0 Å². The number of fused-ring (bicyclic) bond motifs is 1. The molecule has 3 nitrogen and oxygen atoms in total. The van der Waals surface area contributed by atoms with Gasteiger partial charge in [-0.3, -0.25) is 4.98 Å². The van der Waals surface area contributed by atoms with Gasteiger partial charge in [-0.25, -0.2) is 4.98 Å². The normalized spacial score (nSPS) is 9.20. The first-order valence-corrected chi connectivity index (χ1v) is 2.71. The first-order chi connectivity index (χ1) is 4.47. The third-order valence-electron chi connectivity index (χ3n) is 1.19. The Kier molecular flexibility index (Phi) is 2.01. The molecule has 0 bridgehead atoms. The van der Waals surface area contributed by atoms with Crippen LogP contribution in [-0.4, -0.2) is 15.0 Å². The van der Waals surface area contributed by atoms with E-state index < -0.39 is 0 Å². The summed E-state index contributed by atoms with van der Waals surface area (Å²) in [5, 5.41) is 0. The SMILES string of the molecule is Br.c1cnc2[nH]ccc2n1. The third-order valence-corrected chi connectivity index (χ3v) is 1.19. The van der Waals surface area contributed by atoms with Crippen LogP contribution in [0.4, 0.5) is 0 Å². The predicted octanol–water partition coefficient (Wildman–Crippen LogP) is 1.54. The number of aromatic nitrogens is 3. The molecule has 0 aliphatic rings. The fraction of sp³-hybridized carbons (Fsp3) is 0. The highest BCUT2D eigenvalue weighted by molar-refractivity contribution is 8.93. The van der Waals surface area contributed by atoms with E-state index in [1.165, 1.54) is 0 Å². The summed E-state index contributed by atoms with van der Waals surface area (Å²) in [7, 11) is 0. The summed E-state index contributed by atoms with van der Waals surface area (Å²) in [5.74, 6) is 0. The van der Waals surface area contributed by atoms with Gasteiger partial charge in [0, 0.05) is 18.6 Å². The van der Waals surface area contributed by atoms with E-state index in [2.05, 4.69) is 15.0 Å². The van der Waals surface area contributed by atoms with Crippen molar-refractivity contribution >= 4 is 28.1 Å². The Hall–Kier alpha value is -0.900. The molecule has 1 N–H and O–H groups in total. The maximum atomic E-state index is 4.05. The van der Waals surface area contributed by atoms with E-state index in [4.69, 9.17) is 0 Å². The Bertz CT molecular complexity index is 287. The predicted molar refractivity (Wildman–Crippen MR) is 44.2 cm³/mol. The molecule has 10 heavy (non-hydrogen) atoms. The van der Waals surface area contributed by atoms with Gasteiger partial charge in [0.1, 0.15) is 5.52 Å². The number of H-pyrrole nitrogens is 1. The lowest BCUT2D eigenvalue weighted by Crippen LogP contribution is -1.75. The number of nitrogens with one attached hydrogen (secondary N) is 1. The monoisotopic (exact) mass is 199 g/mol. The Morgan fingerprint density at radius 3 is 2.80 bits per heavy atom. The van der Waals surface area contributed by atoms with Crippen molar-refractivity contribution in [1.82, 2.24) is 15.0 Å². The van der Waals surface area contributed by atoms with Crippen LogP contribution in [0.5, 0.6) is 0 Å². The molecule has 0 saturated carbocycles. The Labute approximate surface area is 68.3 Å². The van der Waals surface area contributed by atoms with Crippen LogP contribution in [0, 0.1) is 0 Å². The van der Waals surface area contributed by atoms with Gasteiger partial charge in [0.2, 0.25) is 0 Å². The molecule has 0 aromatic carbocycles. The molecule has 52 valence electrons. The molecule has 0 radical (unpaired) electrons. The van der Waals surface area contributed by atoms with E-state index in [0.717, 1.165) is 11.2 Å². The molecule has 2 aromatic rings. The van der Waals surface area contributed by atoms with Crippen LogP contribution in [0.1, 0.15) is 0 Å². The van der Waals surface area contributed by atoms with Crippen LogP contribution in [0.15, 0.2) is 24.7 Å². The van der Waals surface area contributed by atoms with E-state index in [1.54, 1.807) is 12.4 Å². The minimum atomic E-state index is 0. The van der Waals surface area contributed by atoms with Crippen LogP contribution >= 0.6 is 17.0 Å². The van der Waals surface area contributed by atoms with Gasteiger partial charge < -0.3 is 4.98 Å². The summed E-state index contributed by atoms with van der Waals surface area (Å²) in [6.45, 7) is 0. The van der Waals surface area contributed by atoms with Gasteiger partial charge in [0.05, 0.1) is 0 Å². The Morgan fingerprint density at radius 1 is 1.20 bits per heavy atom. The summed E-state index contributed by atoms with van der Waals surface area (Å²) in [4.78, 5) is 11.0. The lowest BCUT2D eigenvalue weighted by Gasteiger charge is -1.81.